The van der Waals surface area contributed by atoms with E-state index in [4.69, 9.17) is 4.74 Å². The van der Waals surface area contributed by atoms with Crippen molar-refractivity contribution < 1.29 is 14.3 Å². The van der Waals surface area contributed by atoms with Gasteiger partial charge in [0.15, 0.2) is 0 Å². The van der Waals surface area contributed by atoms with Gasteiger partial charge in [-0.25, -0.2) is 4.98 Å². The van der Waals surface area contributed by atoms with Crippen molar-refractivity contribution >= 4 is 46.0 Å². The molecule has 8 heteroatoms. The van der Waals surface area contributed by atoms with E-state index in [-0.39, 0.29) is 11.1 Å². The van der Waals surface area contributed by atoms with Gasteiger partial charge < -0.3 is 14.6 Å². The number of H-pyrrole nitrogens is 1. The van der Waals surface area contributed by atoms with Crippen LogP contribution in [0.15, 0.2) is 53.4 Å². The fraction of sp³-hybridized carbons (Fsp3) is 0.150. The highest BCUT2D eigenvalue weighted by Crippen LogP contribution is 2.26. The van der Waals surface area contributed by atoms with Crippen molar-refractivity contribution in [2.75, 3.05) is 25.1 Å². The molecule has 0 bridgehead atoms. The Morgan fingerprint density at radius 2 is 1.93 bits per heavy atom. The Morgan fingerprint density at radius 3 is 2.64 bits per heavy atom. The molecule has 2 amide bonds. The maximum absolute atomic E-state index is 11.6. The lowest BCUT2D eigenvalue weighted by atomic mass is 10.2. The lowest BCUT2D eigenvalue weighted by molar-refractivity contribution is -0.115. The van der Waals surface area contributed by atoms with Crippen LogP contribution in [0, 0.1) is 0 Å². The van der Waals surface area contributed by atoms with Crippen LogP contribution in [0.3, 0.4) is 0 Å². The van der Waals surface area contributed by atoms with Crippen molar-refractivity contribution in [3.63, 3.8) is 0 Å². The first-order valence-corrected chi connectivity index (χ1v) is 9.54. The number of fused-ring (bicyclic) bond motifs is 1. The summed E-state index contributed by atoms with van der Waals surface area (Å²) >= 11 is 0.905. The van der Waals surface area contributed by atoms with Crippen molar-refractivity contribution in [2.24, 2.45) is 0 Å². The number of amides is 2. The summed E-state index contributed by atoms with van der Waals surface area (Å²) in [4.78, 5) is 33.0. The standard InChI is InChI=1S/C20H18N4O3S/c1-24(19-21-15-4-2-3-5-16(15)22-19)10-11-27-14-8-6-13(7-9-14)12-17-18(25)23-20(26)28-17/h2-9,12H,10-11H2,1H3,(H,21,22)(H,23,25,26)/b17-12-. The van der Waals surface area contributed by atoms with E-state index in [0.29, 0.717) is 18.1 Å². The molecule has 2 aromatic carbocycles. The Bertz CT molecular complexity index is 1030. The molecule has 2 heterocycles. The number of ether oxygens (including phenoxy) is 1. The molecule has 0 saturated carbocycles. The van der Waals surface area contributed by atoms with Gasteiger partial charge in [-0.2, -0.15) is 0 Å². The van der Waals surface area contributed by atoms with Gasteiger partial charge in [0.25, 0.3) is 11.1 Å². The summed E-state index contributed by atoms with van der Waals surface area (Å²) in [7, 11) is 1.96. The lowest BCUT2D eigenvalue weighted by Crippen LogP contribution is -2.24. The Labute approximate surface area is 165 Å². The monoisotopic (exact) mass is 394 g/mol. The maximum Gasteiger partial charge on any atom is 0.290 e. The highest BCUT2D eigenvalue weighted by atomic mass is 32.2. The molecule has 7 nitrogen and oxygen atoms in total. The number of aromatic nitrogens is 2. The molecule has 4 rings (SSSR count). The van der Waals surface area contributed by atoms with Crippen LogP contribution < -0.4 is 15.0 Å². The van der Waals surface area contributed by atoms with Crippen LogP contribution in [0.4, 0.5) is 10.7 Å². The number of rotatable bonds is 6. The second-order valence-electron chi connectivity index (χ2n) is 6.27. The van der Waals surface area contributed by atoms with E-state index >= 15 is 0 Å². The van der Waals surface area contributed by atoms with E-state index in [2.05, 4.69) is 15.3 Å². The second kappa shape index (κ2) is 7.77. The minimum atomic E-state index is -0.357. The van der Waals surface area contributed by atoms with Crippen molar-refractivity contribution in [3.8, 4) is 5.75 Å². The normalized spacial score (nSPS) is 15.2. The molecule has 0 spiro atoms. The summed E-state index contributed by atoms with van der Waals surface area (Å²) in [6.45, 7) is 1.17. The SMILES string of the molecule is CN(CCOc1ccc(/C=C2\SC(=O)NC2=O)cc1)c1nc2ccccc2[nH]1. The number of hydrogen-bond donors (Lipinski definition) is 2. The number of thioether (sulfide) groups is 1. The Morgan fingerprint density at radius 1 is 1.14 bits per heavy atom. The zero-order valence-corrected chi connectivity index (χ0v) is 16.0. The summed E-state index contributed by atoms with van der Waals surface area (Å²) in [6.07, 6.45) is 1.68. The molecule has 3 aromatic rings. The van der Waals surface area contributed by atoms with Gasteiger partial charge in [0.05, 0.1) is 22.5 Å². The Hall–Kier alpha value is -3.26. The number of nitrogens with zero attached hydrogens (tertiary/aromatic N) is 2. The molecule has 142 valence electrons. The first-order chi connectivity index (χ1) is 13.6. The van der Waals surface area contributed by atoms with Gasteiger partial charge in [-0.05, 0) is 47.7 Å². The van der Waals surface area contributed by atoms with Crippen LogP contribution in [0.5, 0.6) is 5.75 Å². The largest absolute Gasteiger partial charge is 0.492 e. The van der Waals surface area contributed by atoms with Gasteiger partial charge in [0.2, 0.25) is 5.95 Å². The van der Waals surface area contributed by atoms with Crippen molar-refractivity contribution in [2.45, 2.75) is 0 Å². The number of anilines is 1. The predicted molar refractivity (Wildman–Crippen MR) is 110 cm³/mol. The van der Waals surface area contributed by atoms with Gasteiger partial charge in [0, 0.05) is 7.05 Å². The third kappa shape index (κ3) is 4.01. The number of likely N-dealkylation sites (N-methyl/N-ethyl adjacent to an activating group) is 1. The quantitative estimate of drug-likeness (QED) is 0.623. The smallest absolute Gasteiger partial charge is 0.290 e. The van der Waals surface area contributed by atoms with E-state index in [0.717, 1.165) is 40.1 Å². The molecular weight excluding hydrogens is 376 g/mol. The molecule has 0 radical (unpaired) electrons. The molecule has 0 unspecified atom stereocenters. The van der Waals surface area contributed by atoms with Crippen molar-refractivity contribution in [3.05, 3.63) is 59.0 Å². The van der Waals surface area contributed by atoms with E-state index in [1.165, 1.54) is 0 Å². The third-order valence-electron chi connectivity index (χ3n) is 4.25. The average molecular weight is 394 g/mol. The number of carbonyl (C=O) groups is 2. The third-order valence-corrected chi connectivity index (χ3v) is 5.06. The predicted octanol–water partition coefficient (Wildman–Crippen LogP) is 3.40. The number of imidazole rings is 1. The van der Waals surface area contributed by atoms with Crippen molar-refractivity contribution in [1.82, 2.24) is 15.3 Å². The summed E-state index contributed by atoms with van der Waals surface area (Å²) in [5, 5.41) is 1.90. The number of para-hydroxylation sites is 2. The van der Waals surface area contributed by atoms with E-state index in [9.17, 15) is 9.59 Å². The summed E-state index contributed by atoms with van der Waals surface area (Å²) in [5.41, 5.74) is 2.77. The van der Waals surface area contributed by atoms with Gasteiger partial charge in [-0.1, -0.05) is 24.3 Å². The lowest BCUT2D eigenvalue weighted by Gasteiger charge is -2.16. The Kier molecular flexibility index (Phi) is 5.03. The van der Waals surface area contributed by atoms with Gasteiger partial charge in [-0.3, -0.25) is 14.9 Å². The van der Waals surface area contributed by atoms with E-state index < -0.39 is 0 Å². The minimum Gasteiger partial charge on any atom is -0.492 e. The fourth-order valence-corrected chi connectivity index (χ4v) is 3.44. The number of hydrogen-bond acceptors (Lipinski definition) is 6. The number of imide groups is 1. The molecule has 0 aliphatic carbocycles. The average Bonchev–Trinajstić information content (AvgIpc) is 3.26. The summed E-state index contributed by atoms with van der Waals surface area (Å²) in [6, 6.07) is 15.3. The van der Waals surface area contributed by atoms with E-state index in [1.807, 2.05) is 60.5 Å². The molecule has 0 atom stereocenters. The minimum absolute atomic E-state index is 0.343. The fourth-order valence-electron chi connectivity index (χ4n) is 2.76. The molecule has 28 heavy (non-hydrogen) atoms. The molecule has 1 saturated heterocycles. The highest BCUT2D eigenvalue weighted by Gasteiger charge is 2.24. The number of carbonyl (C=O) groups excluding carboxylic acids is 2. The van der Waals surface area contributed by atoms with Crippen LogP contribution in [0.1, 0.15) is 5.56 Å². The van der Waals surface area contributed by atoms with Crippen LogP contribution in [0.2, 0.25) is 0 Å². The molecule has 1 aliphatic rings. The molecule has 1 aliphatic heterocycles. The topological polar surface area (TPSA) is 87.3 Å². The molecule has 1 fully saturated rings. The zero-order chi connectivity index (χ0) is 19.5. The maximum atomic E-state index is 11.6. The molecule has 1 aromatic heterocycles. The summed E-state index contributed by atoms with van der Waals surface area (Å²) < 4.78 is 5.79. The van der Waals surface area contributed by atoms with Gasteiger partial charge in [0.1, 0.15) is 12.4 Å². The first-order valence-electron chi connectivity index (χ1n) is 8.72. The van der Waals surface area contributed by atoms with Gasteiger partial charge >= 0.3 is 0 Å². The Balaban J connectivity index is 1.32. The van der Waals surface area contributed by atoms with Crippen LogP contribution in [-0.4, -0.2) is 41.3 Å². The summed E-state index contributed by atoms with van der Waals surface area (Å²) in [5.74, 6) is 1.18. The highest BCUT2D eigenvalue weighted by molar-refractivity contribution is 8.18. The van der Waals surface area contributed by atoms with E-state index in [1.54, 1.807) is 6.08 Å². The van der Waals surface area contributed by atoms with Crippen LogP contribution >= 0.6 is 11.8 Å². The second-order valence-corrected chi connectivity index (χ2v) is 7.28. The number of aromatic amines is 1. The number of nitrogens with one attached hydrogen (secondary N) is 2. The van der Waals surface area contributed by atoms with Crippen LogP contribution in [-0.2, 0) is 4.79 Å². The zero-order valence-electron chi connectivity index (χ0n) is 15.1. The number of benzene rings is 2. The first kappa shape index (κ1) is 18.1. The molecule has 2 N–H and O–H groups in total. The molecular formula is C20H18N4O3S. The van der Waals surface area contributed by atoms with Gasteiger partial charge in [-0.15, -0.1) is 0 Å². The van der Waals surface area contributed by atoms with Crippen LogP contribution in [0.25, 0.3) is 17.1 Å². The van der Waals surface area contributed by atoms with Crippen molar-refractivity contribution in [1.29, 1.82) is 0 Å².